The van der Waals surface area contributed by atoms with E-state index in [-0.39, 0.29) is 5.92 Å². The van der Waals surface area contributed by atoms with Gasteiger partial charge >= 0.3 is 0 Å². The monoisotopic (exact) mass is 285 g/mol. The molecule has 1 aromatic carbocycles. The van der Waals surface area contributed by atoms with Crippen molar-refractivity contribution >= 4 is 17.0 Å². The Bertz CT molecular complexity index is 765. The van der Waals surface area contributed by atoms with Gasteiger partial charge in [0.15, 0.2) is 5.82 Å². The van der Waals surface area contributed by atoms with Crippen LogP contribution in [-0.2, 0) is 0 Å². The first kappa shape index (κ1) is 11.5. The maximum absolute atomic E-state index is 5.87. The van der Waals surface area contributed by atoms with Crippen LogP contribution in [0.15, 0.2) is 40.2 Å². The lowest BCUT2D eigenvalue weighted by Gasteiger charge is -2.01. The third kappa shape index (κ3) is 1.69. The Morgan fingerprint density at radius 2 is 2.15 bits per heavy atom. The molecule has 5 nitrogen and oxygen atoms in total. The highest BCUT2D eigenvalue weighted by molar-refractivity contribution is 7.14. The van der Waals surface area contributed by atoms with E-state index in [2.05, 4.69) is 10.1 Å². The van der Waals surface area contributed by atoms with Crippen molar-refractivity contribution in [3.8, 4) is 16.5 Å². The van der Waals surface area contributed by atoms with Gasteiger partial charge < -0.3 is 15.0 Å². The number of hydrogen-bond donors (Lipinski definition) is 1. The summed E-state index contributed by atoms with van der Waals surface area (Å²) in [6, 6.07) is 9.75. The summed E-state index contributed by atoms with van der Waals surface area (Å²) in [6.45, 7) is 0.540. The average Bonchev–Trinajstić information content (AvgIpc) is 3.15. The van der Waals surface area contributed by atoms with E-state index in [0.29, 0.717) is 24.0 Å². The van der Waals surface area contributed by atoms with Crippen molar-refractivity contribution < 1.29 is 9.26 Å². The molecule has 6 heteroatoms. The number of fused-ring (bicyclic) bond motifs is 1. The van der Waals surface area contributed by atoms with Crippen molar-refractivity contribution in [2.45, 2.75) is 5.92 Å². The van der Waals surface area contributed by atoms with Gasteiger partial charge in [0, 0.05) is 5.56 Å². The summed E-state index contributed by atoms with van der Waals surface area (Å²) in [5.74, 6) is 2.01. The number of benzene rings is 1. The predicted octanol–water partition coefficient (Wildman–Crippen LogP) is 2.90. The largest absolute Gasteiger partial charge is 0.492 e. The molecule has 0 bridgehead atoms. The first-order chi connectivity index (χ1) is 9.83. The molecule has 1 atom stereocenters. The number of nitrogen functional groups attached to an aromatic ring is 1. The molecule has 2 N–H and O–H groups in total. The third-order valence-electron chi connectivity index (χ3n) is 3.34. The van der Waals surface area contributed by atoms with Gasteiger partial charge in [0.1, 0.15) is 17.2 Å². The standard InChI is InChI=1S/C14H11N3O2S/c15-10-5-6-20-12(10)14-16-13(17-19-14)9-7-18-11-4-2-1-3-8(9)11/h1-6,9H,7,15H2. The summed E-state index contributed by atoms with van der Waals surface area (Å²) in [5.41, 5.74) is 7.63. The van der Waals surface area contributed by atoms with Crippen molar-refractivity contribution in [3.05, 3.63) is 47.1 Å². The van der Waals surface area contributed by atoms with Gasteiger partial charge in [0.25, 0.3) is 5.89 Å². The second-order valence-corrected chi connectivity index (χ2v) is 5.48. The number of anilines is 1. The number of nitrogens with two attached hydrogens (primary N) is 1. The van der Waals surface area contributed by atoms with E-state index in [1.54, 1.807) is 0 Å². The molecule has 1 unspecified atom stereocenters. The van der Waals surface area contributed by atoms with Crippen LogP contribution in [0.1, 0.15) is 17.3 Å². The summed E-state index contributed by atoms with van der Waals surface area (Å²) < 4.78 is 11.0. The molecular formula is C14H11N3O2S. The summed E-state index contributed by atoms with van der Waals surface area (Å²) in [6.07, 6.45) is 0. The Morgan fingerprint density at radius 3 is 3.00 bits per heavy atom. The normalized spacial score (nSPS) is 16.9. The van der Waals surface area contributed by atoms with Crippen molar-refractivity contribution in [1.82, 2.24) is 10.1 Å². The summed E-state index contributed by atoms with van der Waals surface area (Å²) in [7, 11) is 0. The molecule has 20 heavy (non-hydrogen) atoms. The van der Waals surface area contributed by atoms with Crippen LogP contribution in [-0.4, -0.2) is 16.7 Å². The predicted molar refractivity (Wildman–Crippen MR) is 75.8 cm³/mol. The summed E-state index contributed by atoms with van der Waals surface area (Å²) in [4.78, 5) is 5.28. The smallest absolute Gasteiger partial charge is 0.270 e. The van der Waals surface area contributed by atoms with Crippen LogP contribution in [0, 0.1) is 0 Å². The van der Waals surface area contributed by atoms with E-state index in [1.807, 2.05) is 35.7 Å². The first-order valence-corrected chi connectivity index (χ1v) is 7.09. The van der Waals surface area contributed by atoms with Gasteiger partial charge in [-0.05, 0) is 17.5 Å². The summed E-state index contributed by atoms with van der Waals surface area (Å²) >= 11 is 1.49. The molecule has 100 valence electrons. The fraction of sp³-hybridized carbons (Fsp3) is 0.143. The second kappa shape index (κ2) is 4.35. The highest BCUT2D eigenvalue weighted by Gasteiger charge is 2.29. The Morgan fingerprint density at radius 1 is 1.25 bits per heavy atom. The van der Waals surface area contributed by atoms with E-state index in [0.717, 1.165) is 16.2 Å². The molecule has 0 fully saturated rings. The molecule has 1 aliphatic heterocycles. The zero-order chi connectivity index (χ0) is 13.5. The van der Waals surface area contributed by atoms with Gasteiger partial charge in [-0.2, -0.15) is 4.98 Å². The molecule has 3 aromatic rings. The van der Waals surface area contributed by atoms with Gasteiger partial charge in [-0.15, -0.1) is 11.3 Å². The molecule has 0 saturated heterocycles. The number of nitrogens with zero attached hydrogens (tertiary/aromatic N) is 2. The van der Waals surface area contributed by atoms with E-state index in [4.69, 9.17) is 15.0 Å². The topological polar surface area (TPSA) is 74.2 Å². The maximum atomic E-state index is 5.87. The van der Waals surface area contributed by atoms with Crippen LogP contribution >= 0.6 is 11.3 Å². The molecule has 0 radical (unpaired) electrons. The highest BCUT2D eigenvalue weighted by Crippen LogP contribution is 2.38. The minimum absolute atomic E-state index is 0.0184. The Kier molecular flexibility index (Phi) is 2.50. The van der Waals surface area contributed by atoms with Crippen molar-refractivity contribution in [2.24, 2.45) is 0 Å². The Balaban J connectivity index is 1.72. The van der Waals surface area contributed by atoms with Gasteiger partial charge in [-0.3, -0.25) is 0 Å². The van der Waals surface area contributed by atoms with Crippen LogP contribution in [0.4, 0.5) is 5.69 Å². The lowest BCUT2D eigenvalue weighted by atomic mass is 10.0. The van der Waals surface area contributed by atoms with Crippen molar-refractivity contribution in [2.75, 3.05) is 12.3 Å². The molecule has 4 rings (SSSR count). The van der Waals surface area contributed by atoms with Gasteiger partial charge in [-0.1, -0.05) is 23.4 Å². The van der Waals surface area contributed by atoms with E-state index >= 15 is 0 Å². The van der Waals surface area contributed by atoms with Gasteiger partial charge in [-0.25, -0.2) is 0 Å². The lowest BCUT2D eigenvalue weighted by Crippen LogP contribution is -2.04. The molecule has 0 amide bonds. The number of thiophene rings is 1. The van der Waals surface area contributed by atoms with Crippen LogP contribution in [0.3, 0.4) is 0 Å². The average molecular weight is 285 g/mol. The molecule has 1 aliphatic rings. The van der Waals surface area contributed by atoms with E-state index in [9.17, 15) is 0 Å². The van der Waals surface area contributed by atoms with Gasteiger partial charge in [0.2, 0.25) is 0 Å². The van der Waals surface area contributed by atoms with Gasteiger partial charge in [0.05, 0.1) is 11.6 Å². The van der Waals surface area contributed by atoms with Crippen LogP contribution in [0.25, 0.3) is 10.8 Å². The second-order valence-electron chi connectivity index (χ2n) is 4.56. The number of aromatic nitrogens is 2. The molecule has 3 heterocycles. The molecule has 0 spiro atoms. The van der Waals surface area contributed by atoms with Crippen LogP contribution in [0.2, 0.25) is 0 Å². The fourth-order valence-corrected chi connectivity index (χ4v) is 3.08. The molecule has 2 aromatic heterocycles. The zero-order valence-electron chi connectivity index (χ0n) is 10.4. The number of ether oxygens (including phenoxy) is 1. The van der Waals surface area contributed by atoms with E-state index < -0.39 is 0 Å². The molecular weight excluding hydrogens is 274 g/mol. The SMILES string of the molecule is Nc1ccsc1-c1nc(C2COc3ccccc32)no1. The number of hydrogen-bond acceptors (Lipinski definition) is 6. The van der Waals surface area contributed by atoms with Crippen molar-refractivity contribution in [1.29, 1.82) is 0 Å². The van der Waals surface area contributed by atoms with Crippen molar-refractivity contribution in [3.63, 3.8) is 0 Å². The molecule has 0 saturated carbocycles. The maximum Gasteiger partial charge on any atom is 0.270 e. The first-order valence-electron chi connectivity index (χ1n) is 6.21. The highest BCUT2D eigenvalue weighted by atomic mass is 32.1. The third-order valence-corrected chi connectivity index (χ3v) is 4.26. The number of rotatable bonds is 2. The lowest BCUT2D eigenvalue weighted by molar-refractivity contribution is 0.335. The molecule has 0 aliphatic carbocycles. The van der Waals surface area contributed by atoms with Crippen LogP contribution in [0.5, 0.6) is 5.75 Å². The van der Waals surface area contributed by atoms with Crippen LogP contribution < -0.4 is 10.5 Å². The quantitative estimate of drug-likeness (QED) is 0.783. The minimum atomic E-state index is 0.0184. The fourth-order valence-electron chi connectivity index (χ4n) is 2.34. The zero-order valence-corrected chi connectivity index (χ0v) is 11.3. The minimum Gasteiger partial charge on any atom is -0.492 e. The van der Waals surface area contributed by atoms with E-state index in [1.165, 1.54) is 11.3 Å². The summed E-state index contributed by atoms with van der Waals surface area (Å²) in [5, 5.41) is 5.98. The Hall–Kier alpha value is -2.34. The number of para-hydroxylation sites is 1. The Labute approximate surface area is 119 Å².